The SMILES string of the molecule is CC(C(=O)NCCCC(=O)O)N1C(=O)/C(=C/c2ccccc2)SC1=S. The van der Waals surface area contributed by atoms with E-state index in [4.69, 9.17) is 17.3 Å². The molecular formula is C17H18N2O4S2. The normalized spacial score (nSPS) is 17.0. The molecule has 2 amide bonds. The van der Waals surface area contributed by atoms with Crippen molar-refractivity contribution in [3.63, 3.8) is 0 Å². The van der Waals surface area contributed by atoms with Crippen LogP contribution in [0.5, 0.6) is 0 Å². The van der Waals surface area contributed by atoms with Gasteiger partial charge in [-0.3, -0.25) is 19.3 Å². The Kier molecular flexibility index (Phi) is 6.72. The lowest BCUT2D eigenvalue weighted by Gasteiger charge is -2.22. The van der Waals surface area contributed by atoms with E-state index in [1.165, 1.54) is 16.7 Å². The van der Waals surface area contributed by atoms with Crippen LogP contribution in [-0.4, -0.2) is 44.7 Å². The molecule has 6 nitrogen and oxygen atoms in total. The molecule has 1 aliphatic rings. The number of carbonyl (C=O) groups is 3. The Morgan fingerprint density at radius 3 is 2.68 bits per heavy atom. The number of hydrogen-bond acceptors (Lipinski definition) is 5. The molecule has 1 fully saturated rings. The Balaban J connectivity index is 2.00. The number of carboxylic acids is 1. The van der Waals surface area contributed by atoms with E-state index >= 15 is 0 Å². The number of carboxylic acid groups (broad SMARTS) is 1. The van der Waals surface area contributed by atoms with E-state index in [1.54, 1.807) is 13.0 Å². The minimum Gasteiger partial charge on any atom is -0.481 e. The van der Waals surface area contributed by atoms with Crippen molar-refractivity contribution in [1.29, 1.82) is 0 Å². The van der Waals surface area contributed by atoms with Gasteiger partial charge in [-0.2, -0.15) is 0 Å². The highest BCUT2D eigenvalue weighted by Gasteiger charge is 2.38. The number of hydrogen-bond donors (Lipinski definition) is 2. The Labute approximate surface area is 155 Å². The molecule has 1 saturated heterocycles. The van der Waals surface area contributed by atoms with Crippen LogP contribution in [0.15, 0.2) is 35.2 Å². The number of aliphatic carboxylic acids is 1. The minimum absolute atomic E-state index is 0.0183. The summed E-state index contributed by atoms with van der Waals surface area (Å²) in [7, 11) is 0. The van der Waals surface area contributed by atoms with E-state index in [0.717, 1.165) is 5.56 Å². The third-order valence-electron chi connectivity index (χ3n) is 3.55. The number of nitrogens with zero attached hydrogens (tertiary/aromatic N) is 1. The van der Waals surface area contributed by atoms with E-state index < -0.39 is 12.0 Å². The van der Waals surface area contributed by atoms with Crippen molar-refractivity contribution in [3.05, 3.63) is 40.8 Å². The van der Waals surface area contributed by atoms with E-state index in [0.29, 0.717) is 15.6 Å². The van der Waals surface area contributed by atoms with Gasteiger partial charge >= 0.3 is 5.97 Å². The zero-order chi connectivity index (χ0) is 18.4. The average Bonchev–Trinajstić information content (AvgIpc) is 2.85. The molecule has 1 aromatic carbocycles. The van der Waals surface area contributed by atoms with Gasteiger partial charge in [0.1, 0.15) is 10.4 Å². The molecule has 2 rings (SSSR count). The van der Waals surface area contributed by atoms with Crippen molar-refractivity contribution in [2.75, 3.05) is 6.54 Å². The molecule has 0 bridgehead atoms. The number of carbonyl (C=O) groups excluding carboxylic acids is 2. The molecule has 8 heteroatoms. The van der Waals surface area contributed by atoms with Crippen molar-refractivity contribution < 1.29 is 19.5 Å². The monoisotopic (exact) mass is 378 g/mol. The zero-order valence-electron chi connectivity index (χ0n) is 13.6. The summed E-state index contributed by atoms with van der Waals surface area (Å²) in [4.78, 5) is 37.0. The van der Waals surface area contributed by atoms with E-state index in [2.05, 4.69) is 5.32 Å². The third-order valence-corrected chi connectivity index (χ3v) is 4.88. The molecule has 0 radical (unpaired) electrons. The van der Waals surface area contributed by atoms with Gasteiger partial charge in [0.05, 0.1) is 4.91 Å². The van der Waals surface area contributed by atoms with Gasteiger partial charge in [0.2, 0.25) is 5.91 Å². The van der Waals surface area contributed by atoms with Crippen LogP contribution in [-0.2, 0) is 14.4 Å². The molecule has 1 aromatic rings. The first kappa shape index (κ1) is 19.1. The standard InChI is InChI=1S/C17H18N2O4S2/c1-11(15(22)18-9-5-8-14(20)21)19-16(23)13(25-17(19)24)10-12-6-3-2-4-7-12/h2-4,6-7,10-11H,5,8-9H2,1H3,(H,18,22)(H,20,21)/b13-10-. The third kappa shape index (κ3) is 5.14. The maximum absolute atomic E-state index is 12.6. The van der Waals surface area contributed by atoms with Crippen LogP contribution in [0, 0.1) is 0 Å². The maximum atomic E-state index is 12.6. The largest absolute Gasteiger partial charge is 0.481 e. The summed E-state index contributed by atoms with van der Waals surface area (Å²) in [5.41, 5.74) is 0.883. The average molecular weight is 378 g/mol. The van der Waals surface area contributed by atoms with Crippen LogP contribution >= 0.6 is 24.0 Å². The van der Waals surface area contributed by atoms with Crippen LogP contribution in [0.4, 0.5) is 0 Å². The van der Waals surface area contributed by atoms with E-state index in [1.807, 2.05) is 30.3 Å². The van der Waals surface area contributed by atoms with Gasteiger partial charge in [0, 0.05) is 13.0 Å². The molecule has 1 aliphatic heterocycles. The zero-order valence-corrected chi connectivity index (χ0v) is 15.2. The molecule has 132 valence electrons. The van der Waals surface area contributed by atoms with E-state index in [9.17, 15) is 14.4 Å². The highest BCUT2D eigenvalue weighted by molar-refractivity contribution is 8.26. The van der Waals surface area contributed by atoms with Crippen LogP contribution in [0.1, 0.15) is 25.3 Å². The predicted octanol–water partition coefficient (Wildman–Crippen LogP) is 2.26. The Morgan fingerprint density at radius 2 is 2.04 bits per heavy atom. The molecular weight excluding hydrogens is 360 g/mol. The number of benzene rings is 1. The smallest absolute Gasteiger partial charge is 0.303 e. The number of thioether (sulfide) groups is 1. The summed E-state index contributed by atoms with van der Waals surface area (Å²) in [6.45, 7) is 1.84. The highest BCUT2D eigenvalue weighted by Crippen LogP contribution is 2.33. The second-order valence-electron chi connectivity index (χ2n) is 5.43. The summed E-state index contributed by atoms with van der Waals surface area (Å²) < 4.78 is 0.334. The molecule has 25 heavy (non-hydrogen) atoms. The minimum atomic E-state index is -0.912. The summed E-state index contributed by atoms with van der Waals surface area (Å²) >= 11 is 6.41. The Bertz CT molecular complexity index is 719. The summed E-state index contributed by atoms with van der Waals surface area (Å²) in [6.07, 6.45) is 2.06. The van der Waals surface area contributed by atoms with Crippen molar-refractivity contribution in [3.8, 4) is 0 Å². The van der Waals surface area contributed by atoms with E-state index in [-0.39, 0.29) is 24.8 Å². The van der Waals surface area contributed by atoms with Crippen LogP contribution in [0.25, 0.3) is 6.08 Å². The van der Waals surface area contributed by atoms with Gasteiger partial charge in [-0.15, -0.1) is 0 Å². The maximum Gasteiger partial charge on any atom is 0.303 e. The first-order valence-electron chi connectivity index (χ1n) is 7.71. The van der Waals surface area contributed by atoms with Crippen molar-refractivity contribution in [1.82, 2.24) is 10.2 Å². The number of amides is 2. The Hall–Kier alpha value is -2.19. The highest BCUT2D eigenvalue weighted by atomic mass is 32.2. The second kappa shape index (κ2) is 8.77. The van der Waals surface area contributed by atoms with Crippen molar-refractivity contribution >= 4 is 52.2 Å². The fourth-order valence-corrected chi connectivity index (χ4v) is 3.65. The number of rotatable bonds is 7. The van der Waals surface area contributed by atoms with Crippen LogP contribution in [0.3, 0.4) is 0 Å². The predicted molar refractivity (Wildman–Crippen MR) is 101 cm³/mol. The first-order chi connectivity index (χ1) is 11.9. The van der Waals surface area contributed by atoms with Gasteiger partial charge in [0.25, 0.3) is 5.91 Å². The molecule has 1 heterocycles. The quantitative estimate of drug-likeness (QED) is 0.430. The second-order valence-corrected chi connectivity index (χ2v) is 7.10. The van der Waals surface area contributed by atoms with Gasteiger partial charge in [-0.05, 0) is 25.0 Å². The van der Waals surface area contributed by atoms with Gasteiger partial charge in [-0.1, -0.05) is 54.3 Å². The van der Waals surface area contributed by atoms with Crippen LogP contribution < -0.4 is 5.32 Å². The molecule has 0 saturated carbocycles. The fraction of sp³-hybridized carbons (Fsp3) is 0.294. The van der Waals surface area contributed by atoms with Crippen molar-refractivity contribution in [2.45, 2.75) is 25.8 Å². The summed E-state index contributed by atoms with van der Waals surface area (Å²) in [5.74, 6) is -1.57. The number of nitrogens with one attached hydrogen (secondary N) is 1. The lowest BCUT2D eigenvalue weighted by Crippen LogP contribution is -2.47. The molecule has 0 spiro atoms. The molecule has 1 atom stereocenters. The number of thiocarbonyl (C=S) groups is 1. The fourth-order valence-electron chi connectivity index (χ4n) is 2.23. The lowest BCUT2D eigenvalue weighted by molar-refractivity contribution is -0.137. The van der Waals surface area contributed by atoms with Crippen molar-refractivity contribution in [2.24, 2.45) is 0 Å². The lowest BCUT2D eigenvalue weighted by atomic mass is 10.2. The Morgan fingerprint density at radius 1 is 1.36 bits per heavy atom. The van der Waals surface area contributed by atoms with Gasteiger partial charge in [0.15, 0.2) is 0 Å². The topological polar surface area (TPSA) is 86.7 Å². The van der Waals surface area contributed by atoms with Crippen LogP contribution in [0.2, 0.25) is 0 Å². The molecule has 0 aromatic heterocycles. The molecule has 2 N–H and O–H groups in total. The summed E-state index contributed by atoms with van der Waals surface area (Å²) in [6, 6.07) is 8.65. The molecule has 1 unspecified atom stereocenters. The first-order valence-corrected chi connectivity index (χ1v) is 8.94. The molecule has 0 aliphatic carbocycles. The van der Waals surface area contributed by atoms with Gasteiger partial charge < -0.3 is 10.4 Å². The summed E-state index contributed by atoms with van der Waals surface area (Å²) in [5, 5.41) is 11.2. The van der Waals surface area contributed by atoms with Gasteiger partial charge in [-0.25, -0.2) is 0 Å².